The molecule has 19 heavy (non-hydrogen) atoms. The molecule has 1 aliphatic rings. The molecule has 0 aromatic carbocycles. The first-order valence-corrected chi connectivity index (χ1v) is 8.10. The molecule has 2 atom stereocenters. The van der Waals surface area contributed by atoms with Crippen LogP contribution in [0.5, 0.6) is 0 Å². The van der Waals surface area contributed by atoms with Crippen LogP contribution < -0.4 is 5.32 Å². The van der Waals surface area contributed by atoms with Crippen molar-refractivity contribution in [1.29, 1.82) is 0 Å². The predicted molar refractivity (Wildman–Crippen MR) is 82.6 cm³/mol. The van der Waals surface area contributed by atoms with Gasteiger partial charge >= 0.3 is 0 Å². The molecule has 0 saturated carbocycles. The molecule has 1 aliphatic heterocycles. The fourth-order valence-electron chi connectivity index (χ4n) is 3.27. The Balaban J connectivity index is 2.38. The van der Waals surface area contributed by atoms with E-state index in [-0.39, 0.29) is 0 Å². The van der Waals surface area contributed by atoms with Gasteiger partial charge in [0.05, 0.1) is 6.10 Å². The van der Waals surface area contributed by atoms with Gasteiger partial charge < -0.3 is 15.0 Å². The van der Waals surface area contributed by atoms with Crippen molar-refractivity contribution in [3.05, 3.63) is 0 Å². The summed E-state index contributed by atoms with van der Waals surface area (Å²) < 4.78 is 5.85. The van der Waals surface area contributed by atoms with Gasteiger partial charge in [0, 0.05) is 26.2 Å². The molecule has 3 heteroatoms. The molecule has 1 heterocycles. The van der Waals surface area contributed by atoms with E-state index in [0.29, 0.717) is 11.5 Å². The van der Waals surface area contributed by atoms with Gasteiger partial charge in [0.25, 0.3) is 0 Å². The number of rotatable bonds is 9. The van der Waals surface area contributed by atoms with Crippen LogP contribution in [0.2, 0.25) is 0 Å². The number of likely N-dealkylation sites (N-methyl/N-ethyl adjacent to an activating group) is 1. The molecule has 1 saturated heterocycles. The molecular weight excluding hydrogens is 236 g/mol. The summed E-state index contributed by atoms with van der Waals surface area (Å²) in [5, 5.41) is 3.52. The number of nitrogens with zero attached hydrogens (tertiary/aromatic N) is 1. The van der Waals surface area contributed by atoms with Gasteiger partial charge in [-0.05, 0) is 44.7 Å². The monoisotopic (exact) mass is 270 g/mol. The Morgan fingerprint density at radius 2 is 2.11 bits per heavy atom. The molecule has 0 aliphatic carbocycles. The highest BCUT2D eigenvalue weighted by Gasteiger charge is 2.26. The van der Waals surface area contributed by atoms with E-state index >= 15 is 0 Å². The Labute approximate surface area is 120 Å². The molecule has 114 valence electrons. The Morgan fingerprint density at radius 1 is 1.32 bits per heavy atom. The van der Waals surface area contributed by atoms with E-state index in [2.05, 4.69) is 38.0 Å². The summed E-state index contributed by atoms with van der Waals surface area (Å²) in [7, 11) is 2.25. The molecule has 0 aromatic heterocycles. The largest absolute Gasteiger partial charge is 0.377 e. The molecule has 3 nitrogen and oxygen atoms in total. The fraction of sp³-hybridized carbons (Fsp3) is 1.00. The molecule has 1 fully saturated rings. The van der Waals surface area contributed by atoms with Crippen molar-refractivity contribution >= 4 is 0 Å². The fourth-order valence-corrected chi connectivity index (χ4v) is 3.27. The third-order valence-electron chi connectivity index (χ3n) is 4.10. The van der Waals surface area contributed by atoms with Crippen LogP contribution in [0.15, 0.2) is 0 Å². The smallest absolute Gasteiger partial charge is 0.0701 e. The Kier molecular flexibility index (Phi) is 7.96. The van der Waals surface area contributed by atoms with Gasteiger partial charge in [0.15, 0.2) is 0 Å². The molecule has 0 aromatic rings. The molecule has 0 radical (unpaired) electrons. The van der Waals surface area contributed by atoms with Gasteiger partial charge in [-0.15, -0.1) is 0 Å². The first-order chi connectivity index (χ1) is 9.09. The summed E-state index contributed by atoms with van der Waals surface area (Å²) in [6.07, 6.45) is 6.83. The van der Waals surface area contributed by atoms with Gasteiger partial charge in [0.1, 0.15) is 0 Å². The van der Waals surface area contributed by atoms with E-state index in [4.69, 9.17) is 4.74 Å². The lowest BCUT2D eigenvalue weighted by atomic mass is 9.84. The zero-order valence-electron chi connectivity index (χ0n) is 13.5. The highest BCUT2D eigenvalue weighted by atomic mass is 16.5. The van der Waals surface area contributed by atoms with Crippen molar-refractivity contribution in [2.24, 2.45) is 5.41 Å². The minimum atomic E-state index is 0.383. The van der Waals surface area contributed by atoms with Gasteiger partial charge in [0.2, 0.25) is 0 Å². The first-order valence-electron chi connectivity index (χ1n) is 8.10. The quantitative estimate of drug-likeness (QED) is 0.697. The lowest BCUT2D eigenvalue weighted by Crippen LogP contribution is -2.44. The summed E-state index contributed by atoms with van der Waals surface area (Å²) in [6, 6.07) is 0. The van der Waals surface area contributed by atoms with Crippen LogP contribution >= 0.6 is 0 Å². The number of ether oxygens (including phenoxy) is 1. The minimum Gasteiger partial charge on any atom is -0.377 e. The van der Waals surface area contributed by atoms with Crippen molar-refractivity contribution in [3.63, 3.8) is 0 Å². The Morgan fingerprint density at radius 3 is 2.68 bits per heavy atom. The van der Waals surface area contributed by atoms with E-state index in [1.807, 2.05) is 0 Å². The zero-order valence-corrected chi connectivity index (χ0v) is 13.5. The van der Waals surface area contributed by atoms with Crippen molar-refractivity contribution in [2.75, 3.05) is 39.8 Å². The standard InChI is InChI=1S/C16H34N2O/c1-5-10-16(3,13-17-6-2)14-18(4)12-15-9-7-8-11-19-15/h15,17H,5-14H2,1-4H3. The third-order valence-corrected chi connectivity index (χ3v) is 4.10. The predicted octanol–water partition coefficient (Wildman–Crippen LogP) is 2.90. The highest BCUT2D eigenvalue weighted by Crippen LogP contribution is 2.24. The van der Waals surface area contributed by atoms with E-state index < -0.39 is 0 Å². The van der Waals surface area contributed by atoms with Crippen molar-refractivity contribution in [2.45, 2.75) is 59.0 Å². The molecule has 1 N–H and O–H groups in total. The normalized spacial score (nSPS) is 23.5. The second-order valence-corrected chi connectivity index (χ2v) is 6.53. The first kappa shape index (κ1) is 16.9. The lowest BCUT2D eigenvalue weighted by molar-refractivity contribution is -0.00745. The summed E-state index contributed by atoms with van der Waals surface area (Å²) in [5.41, 5.74) is 0.383. The third kappa shape index (κ3) is 6.73. The van der Waals surface area contributed by atoms with Crippen LogP contribution in [0.25, 0.3) is 0 Å². The SMILES string of the molecule is CCCC(C)(CNCC)CN(C)CC1CCCCO1. The summed E-state index contributed by atoms with van der Waals surface area (Å²) in [6.45, 7) is 12.3. The average Bonchev–Trinajstić information content (AvgIpc) is 2.37. The molecule has 2 unspecified atom stereocenters. The number of hydrogen-bond donors (Lipinski definition) is 1. The highest BCUT2D eigenvalue weighted by molar-refractivity contribution is 4.81. The van der Waals surface area contributed by atoms with E-state index in [9.17, 15) is 0 Å². The maximum Gasteiger partial charge on any atom is 0.0701 e. The van der Waals surface area contributed by atoms with Gasteiger partial charge in [-0.3, -0.25) is 0 Å². The maximum absolute atomic E-state index is 5.85. The van der Waals surface area contributed by atoms with Crippen LogP contribution in [0.1, 0.15) is 52.9 Å². The van der Waals surface area contributed by atoms with Gasteiger partial charge in [-0.1, -0.05) is 27.2 Å². The molecule has 0 bridgehead atoms. The van der Waals surface area contributed by atoms with E-state index in [0.717, 1.165) is 32.8 Å². The number of nitrogens with one attached hydrogen (secondary N) is 1. The van der Waals surface area contributed by atoms with E-state index in [1.165, 1.54) is 32.1 Å². The van der Waals surface area contributed by atoms with Crippen molar-refractivity contribution in [3.8, 4) is 0 Å². The minimum absolute atomic E-state index is 0.383. The van der Waals surface area contributed by atoms with Crippen LogP contribution in [-0.2, 0) is 4.74 Å². The van der Waals surface area contributed by atoms with Crippen molar-refractivity contribution in [1.82, 2.24) is 10.2 Å². The van der Waals surface area contributed by atoms with Gasteiger partial charge in [-0.2, -0.15) is 0 Å². The van der Waals surface area contributed by atoms with Crippen LogP contribution in [0.3, 0.4) is 0 Å². The van der Waals surface area contributed by atoms with E-state index in [1.54, 1.807) is 0 Å². The van der Waals surface area contributed by atoms with Crippen LogP contribution in [0.4, 0.5) is 0 Å². The topological polar surface area (TPSA) is 24.5 Å². The second-order valence-electron chi connectivity index (χ2n) is 6.53. The second kappa shape index (κ2) is 8.93. The summed E-state index contributed by atoms with van der Waals surface area (Å²) in [4.78, 5) is 2.48. The summed E-state index contributed by atoms with van der Waals surface area (Å²) in [5.74, 6) is 0. The average molecular weight is 270 g/mol. The molecule has 1 rings (SSSR count). The Bertz CT molecular complexity index is 229. The zero-order chi connectivity index (χ0) is 14.1. The summed E-state index contributed by atoms with van der Waals surface area (Å²) >= 11 is 0. The molecule has 0 spiro atoms. The number of hydrogen-bond acceptors (Lipinski definition) is 3. The van der Waals surface area contributed by atoms with Gasteiger partial charge in [-0.25, -0.2) is 0 Å². The molecular formula is C16H34N2O. The van der Waals surface area contributed by atoms with Crippen LogP contribution in [0, 0.1) is 5.41 Å². The molecule has 0 amide bonds. The van der Waals surface area contributed by atoms with Crippen molar-refractivity contribution < 1.29 is 4.74 Å². The lowest BCUT2D eigenvalue weighted by Gasteiger charge is -2.36. The maximum atomic E-state index is 5.85. The van der Waals surface area contributed by atoms with Crippen LogP contribution in [-0.4, -0.2) is 50.8 Å². The Hall–Kier alpha value is -0.120.